The first-order valence-corrected chi connectivity index (χ1v) is 14.3. The van der Waals surface area contributed by atoms with Crippen LogP contribution < -0.4 is 0 Å². The first-order chi connectivity index (χ1) is 15.2. The van der Waals surface area contributed by atoms with E-state index in [0.29, 0.717) is 5.41 Å². The molecule has 0 spiro atoms. The average molecular weight is 421 g/mol. The van der Waals surface area contributed by atoms with Crippen LogP contribution in [0.1, 0.15) is 140 Å². The summed E-state index contributed by atoms with van der Waals surface area (Å²) in [6.45, 7) is 4.75. The molecule has 2 bridgehead atoms. The number of fused-ring (bicyclic) bond motifs is 3. The molecule has 5 aliphatic rings. The van der Waals surface area contributed by atoms with E-state index < -0.39 is 0 Å². The van der Waals surface area contributed by atoms with Gasteiger partial charge >= 0.3 is 0 Å². The predicted octanol–water partition coefficient (Wildman–Crippen LogP) is 9.57. The van der Waals surface area contributed by atoms with Crippen LogP contribution >= 0.6 is 0 Å². The minimum atomic E-state index is 0.527. The van der Waals surface area contributed by atoms with Gasteiger partial charge in [-0.15, -0.1) is 0 Å². The van der Waals surface area contributed by atoms with Crippen molar-refractivity contribution in [3.05, 3.63) is 35.4 Å². The Balaban J connectivity index is 1.20. The van der Waals surface area contributed by atoms with Gasteiger partial charge in [0.15, 0.2) is 0 Å². The topological polar surface area (TPSA) is 0 Å². The van der Waals surface area contributed by atoms with Crippen LogP contribution in [0.5, 0.6) is 0 Å². The lowest BCUT2D eigenvalue weighted by molar-refractivity contribution is -0.0294. The van der Waals surface area contributed by atoms with Crippen molar-refractivity contribution >= 4 is 0 Å². The highest BCUT2D eigenvalue weighted by atomic mass is 14.6. The molecule has 0 nitrogen and oxygen atoms in total. The third-order valence-corrected chi connectivity index (χ3v) is 11.1. The maximum atomic E-state index is 2.56. The number of hydrogen-bond donors (Lipinski definition) is 0. The standard InChI is InChI=1S/C31H48/c1-3-5-25-8-14-28(15-9-25)30-18-21-31(22-19-30,23-20-30)29-16-12-27(13-17-29)26-10-6-24(4-2)7-11-26/h12-13,16-17,24-26,28H,3-11,14-15,18-23H2,1-2H3/t24-,25-,26-,28-,30?,31?. The average Bonchev–Trinajstić information content (AvgIpc) is 2.86. The number of hydrogen-bond acceptors (Lipinski definition) is 0. The summed E-state index contributed by atoms with van der Waals surface area (Å²) in [5.74, 6) is 3.95. The van der Waals surface area contributed by atoms with Gasteiger partial charge in [0.1, 0.15) is 0 Å². The third-order valence-electron chi connectivity index (χ3n) is 11.1. The third kappa shape index (κ3) is 4.27. The molecule has 0 unspecified atom stereocenters. The van der Waals surface area contributed by atoms with Crippen LogP contribution in [0, 0.1) is 23.2 Å². The van der Waals surface area contributed by atoms with Crippen molar-refractivity contribution in [1.82, 2.24) is 0 Å². The SMILES string of the molecule is CCC[C@H]1CC[C@H](C23CCC(c4ccc([C@H]5CC[C@H](CC)CC5)cc4)(CC2)CC3)CC1. The second-order valence-corrected chi connectivity index (χ2v) is 12.4. The second kappa shape index (κ2) is 9.23. The predicted molar refractivity (Wildman–Crippen MR) is 134 cm³/mol. The Morgan fingerprint density at radius 3 is 1.81 bits per heavy atom. The molecular formula is C31H48. The van der Waals surface area contributed by atoms with Crippen LogP contribution in [-0.4, -0.2) is 0 Å². The van der Waals surface area contributed by atoms with Crippen LogP contribution in [0.3, 0.4) is 0 Å². The molecule has 0 N–H and O–H groups in total. The van der Waals surface area contributed by atoms with E-state index in [1.54, 1.807) is 24.0 Å². The normalized spacial score (nSPS) is 40.7. The van der Waals surface area contributed by atoms with Gasteiger partial charge in [-0.1, -0.05) is 70.2 Å². The lowest BCUT2D eigenvalue weighted by atomic mass is 9.47. The van der Waals surface area contributed by atoms with E-state index in [4.69, 9.17) is 0 Å². The molecule has 0 aliphatic heterocycles. The van der Waals surface area contributed by atoms with Crippen molar-refractivity contribution in [3.63, 3.8) is 0 Å². The Bertz CT molecular complexity index is 672. The van der Waals surface area contributed by atoms with Crippen molar-refractivity contribution < 1.29 is 0 Å². The zero-order valence-electron chi connectivity index (χ0n) is 20.6. The fourth-order valence-corrected chi connectivity index (χ4v) is 8.74. The van der Waals surface area contributed by atoms with Gasteiger partial charge in [0.05, 0.1) is 0 Å². The lowest BCUT2D eigenvalue weighted by Gasteiger charge is -2.58. The van der Waals surface area contributed by atoms with Gasteiger partial charge in [0.2, 0.25) is 0 Å². The summed E-state index contributed by atoms with van der Waals surface area (Å²) in [4.78, 5) is 0. The Hall–Kier alpha value is -0.780. The summed E-state index contributed by atoms with van der Waals surface area (Å²) in [7, 11) is 0. The van der Waals surface area contributed by atoms with Crippen LogP contribution in [0.15, 0.2) is 24.3 Å². The molecule has 0 saturated heterocycles. The van der Waals surface area contributed by atoms with Crippen molar-refractivity contribution in [3.8, 4) is 0 Å². The molecule has 1 aromatic rings. The lowest BCUT2D eigenvalue weighted by Crippen LogP contribution is -2.48. The van der Waals surface area contributed by atoms with Gasteiger partial charge in [-0.2, -0.15) is 0 Å². The Morgan fingerprint density at radius 1 is 0.677 bits per heavy atom. The molecule has 0 aromatic heterocycles. The van der Waals surface area contributed by atoms with Gasteiger partial charge in [-0.3, -0.25) is 0 Å². The van der Waals surface area contributed by atoms with Crippen LogP contribution in [-0.2, 0) is 5.41 Å². The van der Waals surface area contributed by atoms with E-state index in [1.807, 2.05) is 0 Å². The highest BCUT2D eigenvalue weighted by Gasteiger charge is 2.52. The highest BCUT2D eigenvalue weighted by molar-refractivity contribution is 5.33. The largest absolute Gasteiger partial charge is 0.0654 e. The summed E-state index contributed by atoms with van der Waals surface area (Å²) in [5.41, 5.74) is 4.59. The molecule has 5 fully saturated rings. The van der Waals surface area contributed by atoms with Crippen molar-refractivity contribution in [2.45, 2.75) is 134 Å². The van der Waals surface area contributed by atoms with Crippen LogP contribution in [0.25, 0.3) is 0 Å². The zero-order chi connectivity index (χ0) is 21.3. The summed E-state index contributed by atoms with van der Waals surface area (Å²) < 4.78 is 0. The van der Waals surface area contributed by atoms with Crippen molar-refractivity contribution in [1.29, 1.82) is 0 Å². The quantitative estimate of drug-likeness (QED) is 0.429. The van der Waals surface area contributed by atoms with Crippen molar-refractivity contribution in [2.75, 3.05) is 0 Å². The molecule has 0 heterocycles. The molecule has 5 saturated carbocycles. The Labute approximate surface area is 193 Å². The minimum Gasteiger partial charge on any atom is -0.0654 e. The maximum Gasteiger partial charge on any atom is -0.00463 e. The molecular weight excluding hydrogens is 372 g/mol. The molecule has 0 amide bonds. The highest BCUT2D eigenvalue weighted by Crippen LogP contribution is 2.62. The summed E-state index contributed by atoms with van der Waals surface area (Å²) >= 11 is 0. The fraction of sp³-hybridized carbons (Fsp3) is 0.806. The van der Waals surface area contributed by atoms with E-state index in [1.165, 1.54) is 96.3 Å². The molecule has 0 heteroatoms. The first-order valence-electron chi connectivity index (χ1n) is 14.3. The molecule has 5 aliphatic carbocycles. The van der Waals surface area contributed by atoms with Gasteiger partial charge in [-0.05, 0) is 123 Å². The zero-order valence-corrected chi connectivity index (χ0v) is 20.6. The fourth-order valence-electron chi connectivity index (χ4n) is 8.74. The van der Waals surface area contributed by atoms with Gasteiger partial charge in [-0.25, -0.2) is 0 Å². The summed E-state index contributed by atoms with van der Waals surface area (Å²) in [6.07, 6.45) is 25.2. The van der Waals surface area contributed by atoms with E-state index in [-0.39, 0.29) is 0 Å². The smallest absolute Gasteiger partial charge is 0.00463 e. The van der Waals surface area contributed by atoms with Gasteiger partial charge in [0.25, 0.3) is 0 Å². The molecule has 0 atom stereocenters. The van der Waals surface area contributed by atoms with Crippen LogP contribution in [0.4, 0.5) is 0 Å². The minimum absolute atomic E-state index is 0.527. The first kappa shape index (κ1) is 22.0. The molecule has 172 valence electrons. The second-order valence-electron chi connectivity index (χ2n) is 12.4. The number of rotatable bonds is 6. The summed E-state index contributed by atoms with van der Waals surface area (Å²) in [5, 5.41) is 0. The van der Waals surface area contributed by atoms with Crippen molar-refractivity contribution in [2.24, 2.45) is 23.2 Å². The monoisotopic (exact) mass is 420 g/mol. The molecule has 0 radical (unpaired) electrons. The van der Waals surface area contributed by atoms with E-state index >= 15 is 0 Å². The number of benzene rings is 1. The van der Waals surface area contributed by atoms with E-state index in [2.05, 4.69) is 38.1 Å². The molecule has 6 rings (SSSR count). The van der Waals surface area contributed by atoms with Gasteiger partial charge in [0, 0.05) is 0 Å². The maximum absolute atomic E-state index is 2.56. The molecule has 31 heavy (non-hydrogen) atoms. The molecule has 1 aromatic carbocycles. The Kier molecular flexibility index (Phi) is 6.56. The van der Waals surface area contributed by atoms with Gasteiger partial charge < -0.3 is 0 Å². The van der Waals surface area contributed by atoms with Crippen LogP contribution in [0.2, 0.25) is 0 Å². The van der Waals surface area contributed by atoms with E-state index in [0.717, 1.165) is 29.1 Å². The van der Waals surface area contributed by atoms with E-state index in [9.17, 15) is 0 Å². The summed E-state index contributed by atoms with van der Waals surface area (Å²) in [6, 6.07) is 10.2. The Morgan fingerprint density at radius 2 is 1.26 bits per heavy atom.